The number of sulfonamides is 1. The summed E-state index contributed by atoms with van der Waals surface area (Å²) in [5, 5.41) is 0. The largest absolute Gasteiger partial charge is 0.492 e. The quantitative estimate of drug-likeness (QED) is 0.438. The summed E-state index contributed by atoms with van der Waals surface area (Å²) in [6.45, 7) is 1.97. The van der Waals surface area contributed by atoms with Crippen LogP contribution in [0.4, 0.5) is 0 Å². The fraction of sp³-hybridized carbons (Fsp3) is 0.174. The van der Waals surface area contributed by atoms with Crippen LogP contribution in [0.3, 0.4) is 0 Å². The van der Waals surface area contributed by atoms with Gasteiger partial charge in [-0.2, -0.15) is 0 Å². The number of methoxy groups -OCH3 is 1. The number of rotatable bonds is 8. The van der Waals surface area contributed by atoms with Gasteiger partial charge in [-0.25, -0.2) is 17.9 Å². The molecule has 6 nitrogen and oxygen atoms in total. The van der Waals surface area contributed by atoms with Crippen LogP contribution in [-0.2, 0) is 14.8 Å². The monoisotopic (exact) mass is 425 g/mol. The molecule has 0 unspecified atom stereocenters. The summed E-state index contributed by atoms with van der Waals surface area (Å²) in [5.74, 6) is 0.0732. The van der Waals surface area contributed by atoms with Crippen LogP contribution in [0.5, 0.6) is 5.75 Å². The van der Waals surface area contributed by atoms with Crippen molar-refractivity contribution in [3.63, 3.8) is 0 Å². The molecule has 0 fully saturated rings. The van der Waals surface area contributed by atoms with Crippen LogP contribution in [0.15, 0.2) is 77.7 Å². The van der Waals surface area contributed by atoms with Crippen LogP contribution < -0.4 is 9.46 Å². The summed E-state index contributed by atoms with van der Waals surface area (Å²) in [7, 11) is -2.52. The van der Waals surface area contributed by atoms with Crippen LogP contribution in [0, 0.1) is 6.92 Å². The predicted molar refractivity (Wildman–Crippen MR) is 115 cm³/mol. The Morgan fingerprint density at radius 2 is 1.60 bits per heavy atom. The van der Waals surface area contributed by atoms with E-state index in [2.05, 4.69) is 4.72 Å². The molecule has 0 spiro atoms. The lowest BCUT2D eigenvalue weighted by Crippen LogP contribution is -2.28. The van der Waals surface area contributed by atoms with Crippen molar-refractivity contribution in [1.29, 1.82) is 0 Å². The first-order valence-electron chi connectivity index (χ1n) is 9.37. The third-order valence-electron chi connectivity index (χ3n) is 4.55. The van der Waals surface area contributed by atoms with Crippen molar-refractivity contribution in [3.8, 4) is 16.9 Å². The van der Waals surface area contributed by atoms with Gasteiger partial charge in [0.15, 0.2) is 0 Å². The van der Waals surface area contributed by atoms with Crippen molar-refractivity contribution in [2.75, 3.05) is 20.3 Å². The van der Waals surface area contributed by atoms with E-state index in [4.69, 9.17) is 9.47 Å². The highest BCUT2D eigenvalue weighted by atomic mass is 32.2. The Balaban J connectivity index is 1.56. The minimum atomic E-state index is -3.78. The van der Waals surface area contributed by atoms with Gasteiger partial charge in [0, 0.05) is 6.54 Å². The first-order chi connectivity index (χ1) is 14.4. The van der Waals surface area contributed by atoms with Gasteiger partial charge in [-0.05, 0) is 47.9 Å². The molecule has 30 heavy (non-hydrogen) atoms. The van der Waals surface area contributed by atoms with E-state index in [0.29, 0.717) is 11.3 Å². The van der Waals surface area contributed by atoms with Crippen LogP contribution in [0.1, 0.15) is 15.9 Å². The summed E-state index contributed by atoms with van der Waals surface area (Å²) in [4.78, 5) is 11.8. The normalized spacial score (nSPS) is 11.1. The number of carbonyl (C=O) groups is 1. The van der Waals surface area contributed by atoms with Crippen LogP contribution >= 0.6 is 0 Å². The minimum Gasteiger partial charge on any atom is -0.492 e. The van der Waals surface area contributed by atoms with E-state index in [1.54, 1.807) is 13.0 Å². The maximum absolute atomic E-state index is 12.5. The summed E-state index contributed by atoms with van der Waals surface area (Å²) in [5.41, 5.74) is 3.05. The summed E-state index contributed by atoms with van der Waals surface area (Å²) in [6.07, 6.45) is 0. The highest BCUT2D eigenvalue weighted by Gasteiger charge is 2.18. The average molecular weight is 426 g/mol. The number of ether oxygens (including phenoxy) is 2. The van der Waals surface area contributed by atoms with E-state index in [9.17, 15) is 13.2 Å². The zero-order valence-corrected chi connectivity index (χ0v) is 17.6. The summed E-state index contributed by atoms with van der Waals surface area (Å²) < 4.78 is 37.8. The molecule has 7 heteroatoms. The zero-order chi connectivity index (χ0) is 21.6. The molecule has 3 aromatic rings. The Hall–Kier alpha value is -3.16. The molecule has 0 saturated heterocycles. The van der Waals surface area contributed by atoms with Crippen LogP contribution in [-0.4, -0.2) is 34.6 Å². The van der Waals surface area contributed by atoms with Gasteiger partial charge in [-0.3, -0.25) is 0 Å². The van der Waals surface area contributed by atoms with E-state index < -0.39 is 16.0 Å². The van der Waals surface area contributed by atoms with Crippen LogP contribution in [0.2, 0.25) is 0 Å². The molecule has 3 rings (SSSR count). The second-order valence-electron chi connectivity index (χ2n) is 6.60. The van der Waals surface area contributed by atoms with Crippen molar-refractivity contribution in [2.24, 2.45) is 0 Å². The van der Waals surface area contributed by atoms with Crippen molar-refractivity contribution in [3.05, 3.63) is 83.9 Å². The molecule has 0 radical (unpaired) electrons. The number of aryl methyl sites for hydroxylation is 1. The van der Waals surface area contributed by atoms with Gasteiger partial charge in [0.25, 0.3) is 0 Å². The molecule has 1 N–H and O–H groups in total. The van der Waals surface area contributed by atoms with Crippen molar-refractivity contribution in [1.82, 2.24) is 4.72 Å². The maximum Gasteiger partial charge on any atom is 0.338 e. The first-order valence-corrected chi connectivity index (χ1v) is 10.9. The number of hydrogen-bond donors (Lipinski definition) is 1. The van der Waals surface area contributed by atoms with Crippen molar-refractivity contribution in [2.45, 2.75) is 11.8 Å². The van der Waals surface area contributed by atoms with Gasteiger partial charge in [0.05, 0.1) is 17.6 Å². The number of hydrogen-bond acceptors (Lipinski definition) is 5. The van der Waals surface area contributed by atoms with Gasteiger partial charge in [0.2, 0.25) is 10.0 Å². The molecule has 3 aromatic carbocycles. The summed E-state index contributed by atoms with van der Waals surface area (Å²) >= 11 is 0. The standard InChI is InChI=1S/C23H23NO5S/c1-17-8-13-21(16-22(17)23(25)28-2)30(26,27)24-14-15-29-20-11-9-19(10-12-20)18-6-4-3-5-7-18/h3-13,16,24H,14-15H2,1-2H3. The van der Waals surface area contributed by atoms with Crippen molar-refractivity contribution < 1.29 is 22.7 Å². The van der Waals surface area contributed by atoms with E-state index >= 15 is 0 Å². The maximum atomic E-state index is 12.5. The Labute approximate surface area is 176 Å². The number of carbonyl (C=O) groups excluding carboxylic acids is 1. The molecule has 0 saturated carbocycles. The molecule has 0 aliphatic rings. The predicted octanol–water partition coefficient (Wildman–Crippen LogP) is 3.81. The zero-order valence-electron chi connectivity index (χ0n) is 16.8. The smallest absolute Gasteiger partial charge is 0.338 e. The Bertz CT molecular complexity index is 1110. The Morgan fingerprint density at radius 3 is 2.27 bits per heavy atom. The fourth-order valence-corrected chi connectivity index (χ4v) is 3.94. The lowest BCUT2D eigenvalue weighted by Gasteiger charge is -2.11. The molecule has 0 aromatic heterocycles. The molecular formula is C23H23NO5S. The topological polar surface area (TPSA) is 81.7 Å². The Morgan fingerprint density at radius 1 is 0.933 bits per heavy atom. The molecular weight excluding hydrogens is 402 g/mol. The molecule has 0 atom stereocenters. The first kappa shape index (κ1) is 21.5. The second-order valence-corrected chi connectivity index (χ2v) is 8.37. The number of benzene rings is 3. The average Bonchev–Trinajstić information content (AvgIpc) is 2.77. The third kappa shape index (κ3) is 5.25. The van der Waals surface area contributed by atoms with Gasteiger partial charge in [-0.15, -0.1) is 0 Å². The summed E-state index contributed by atoms with van der Waals surface area (Å²) in [6, 6.07) is 21.9. The molecule has 0 bridgehead atoms. The molecule has 156 valence electrons. The van der Waals surface area contributed by atoms with Gasteiger partial charge < -0.3 is 9.47 Å². The Kier molecular flexibility index (Phi) is 6.87. The molecule has 0 amide bonds. The molecule has 0 aliphatic carbocycles. The van der Waals surface area contributed by atoms with Gasteiger partial charge in [-0.1, -0.05) is 48.5 Å². The van der Waals surface area contributed by atoms with E-state index in [-0.39, 0.29) is 23.6 Å². The van der Waals surface area contributed by atoms with E-state index in [1.165, 1.54) is 19.2 Å². The fourth-order valence-electron chi connectivity index (χ4n) is 2.90. The third-order valence-corrected chi connectivity index (χ3v) is 6.01. The minimum absolute atomic E-state index is 0.000661. The number of esters is 1. The molecule has 0 heterocycles. The number of nitrogens with one attached hydrogen (secondary N) is 1. The van der Waals surface area contributed by atoms with E-state index in [0.717, 1.165) is 11.1 Å². The van der Waals surface area contributed by atoms with E-state index in [1.807, 2.05) is 54.6 Å². The highest BCUT2D eigenvalue weighted by molar-refractivity contribution is 7.89. The van der Waals surface area contributed by atoms with Gasteiger partial charge in [0.1, 0.15) is 12.4 Å². The van der Waals surface area contributed by atoms with Crippen LogP contribution in [0.25, 0.3) is 11.1 Å². The van der Waals surface area contributed by atoms with Crippen molar-refractivity contribution >= 4 is 16.0 Å². The molecule has 0 aliphatic heterocycles. The second kappa shape index (κ2) is 9.56. The SMILES string of the molecule is COC(=O)c1cc(S(=O)(=O)NCCOc2ccc(-c3ccccc3)cc2)ccc1C. The highest BCUT2D eigenvalue weighted by Crippen LogP contribution is 2.22. The lowest BCUT2D eigenvalue weighted by atomic mass is 10.1. The van der Waals surface area contributed by atoms with Gasteiger partial charge >= 0.3 is 5.97 Å². The lowest BCUT2D eigenvalue weighted by molar-refractivity contribution is 0.0599.